The Labute approximate surface area is 160 Å². The lowest BCUT2D eigenvalue weighted by Crippen LogP contribution is -2.37. The summed E-state index contributed by atoms with van der Waals surface area (Å²) in [5.41, 5.74) is 6.27. The molecule has 27 heavy (non-hydrogen) atoms. The molecule has 0 N–H and O–H groups in total. The minimum Gasteiger partial charge on any atom is -0.340 e. The number of hydrogen-bond donors (Lipinski definition) is 0. The fourth-order valence-corrected chi connectivity index (χ4v) is 3.75. The third kappa shape index (κ3) is 3.93. The van der Waals surface area contributed by atoms with Crippen molar-refractivity contribution in [2.24, 2.45) is 0 Å². The first-order chi connectivity index (χ1) is 13.2. The van der Waals surface area contributed by atoms with Crippen LogP contribution in [0.1, 0.15) is 16.7 Å². The summed E-state index contributed by atoms with van der Waals surface area (Å²) in [5, 5.41) is 0. The van der Waals surface area contributed by atoms with Crippen molar-refractivity contribution in [1.82, 2.24) is 9.80 Å². The molecule has 3 aromatic rings. The normalized spacial score (nSPS) is 13.4. The molecule has 0 radical (unpaired) electrons. The molecule has 0 aliphatic carbocycles. The van der Waals surface area contributed by atoms with Crippen LogP contribution in [0.2, 0.25) is 0 Å². The van der Waals surface area contributed by atoms with E-state index in [-0.39, 0.29) is 5.91 Å². The van der Waals surface area contributed by atoms with E-state index >= 15 is 0 Å². The molecule has 1 heterocycles. The second kappa shape index (κ2) is 7.77. The van der Waals surface area contributed by atoms with Crippen molar-refractivity contribution in [3.63, 3.8) is 0 Å². The summed E-state index contributed by atoms with van der Waals surface area (Å²) in [4.78, 5) is 16.9. The Hall–Kier alpha value is -2.91. The maximum absolute atomic E-state index is 12.8. The van der Waals surface area contributed by atoms with Gasteiger partial charge in [-0.1, -0.05) is 78.9 Å². The van der Waals surface area contributed by atoms with Gasteiger partial charge < -0.3 is 4.90 Å². The number of rotatable bonds is 4. The molecule has 4 rings (SSSR count). The maximum atomic E-state index is 12.8. The molecule has 0 aromatic heterocycles. The van der Waals surface area contributed by atoms with Gasteiger partial charge >= 0.3 is 0 Å². The van der Waals surface area contributed by atoms with Gasteiger partial charge in [-0.05, 0) is 27.8 Å². The summed E-state index contributed by atoms with van der Waals surface area (Å²) in [6.45, 7) is 2.64. The first-order valence-electron chi connectivity index (χ1n) is 9.37. The molecule has 0 fully saturated rings. The lowest BCUT2D eigenvalue weighted by Gasteiger charge is -2.24. The standard InChI is InChI=1S/C24H24N2O/c1-25(15-19-9-3-2-4-10-19)24(27)18-26-16-20-11-5-7-13-22(20)23-14-8-6-12-21(23)17-26/h2-14H,15-18H2,1H3. The molecule has 0 saturated heterocycles. The predicted octanol–water partition coefficient (Wildman–Crippen LogP) is 4.33. The van der Waals surface area contributed by atoms with Crippen LogP contribution in [0.4, 0.5) is 0 Å². The van der Waals surface area contributed by atoms with Gasteiger partial charge in [0.25, 0.3) is 0 Å². The lowest BCUT2D eigenvalue weighted by molar-refractivity contribution is -0.131. The third-order valence-electron chi connectivity index (χ3n) is 5.16. The van der Waals surface area contributed by atoms with Gasteiger partial charge in [-0.3, -0.25) is 9.69 Å². The Morgan fingerprint density at radius 2 is 1.33 bits per heavy atom. The number of carbonyl (C=O) groups is 1. The van der Waals surface area contributed by atoms with Crippen LogP contribution >= 0.6 is 0 Å². The molecule has 0 atom stereocenters. The number of carbonyl (C=O) groups excluding carboxylic acids is 1. The first kappa shape index (κ1) is 17.5. The van der Waals surface area contributed by atoms with Crippen LogP contribution in [0.25, 0.3) is 11.1 Å². The Balaban J connectivity index is 1.52. The minimum absolute atomic E-state index is 0.149. The van der Waals surface area contributed by atoms with Crippen molar-refractivity contribution >= 4 is 5.91 Å². The van der Waals surface area contributed by atoms with Gasteiger partial charge in [0.05, 0.1) is 6.54 Å². The van der Waals surface area contributed by atoms with Gasteiger partial charge in [0.2, 0.25) is 5.91 Å². The second-order valence-electron chi connectivity index (χ2n) is 7.19. The van der Waals surface area contributed by atoms with Gasteiger partial charge in [-0.25, -0.2) is 0 Å². The van der Waals surface area contributed by atoms with Crippen molar-refractivity contribution in [2.75, 3.05) is 13.6 Å². The highest BCUT2D eigenvalue weighted by molar-refractivity contribution is 5.78. The smallest absolute Gasteiger partial charge is 0.236 e. The summed E-state index contributed by atoms with van der Waals surface area (Å²) < 4.78 is 0. The summed E-state index contributed by atoms with van der Waals surface area (Å²) >= 11 is 0. The molecule has 3 nitrogen and oxygen atoms in total. The fourth-order valence-electron chi connectivity index (χ4n) is 3.75. The highest BCUT2D eigenvalue weighted by atomic mass is 16.2. The van der Waals surface area contributed by atoms with E-state index in [1.807, 2.05) is 30.1 Å². The number of likely N-dealkylation sites (N-methyl/N-ethyl adjacent to an activating group) is 1. The van der Waals surface area contributed by atoms with Crippen molar-refractivity contribution in [1.29, 1.82) is 0 Å². The lowest BCUT2D eigenvalue weighted by atomic mass is 9.97. The Kier molecular flexibility index (Phi) is 5.03. The molecule has 3 heteroatoms. The van der Waals surface area contributed by atoms with Crippen LogP contribution in [-0.2, 0) is 24.4 Å². The SMILES string of the molecule is CN(Cc1ccccc1)C(=O)CN1Cc2ccccc2-c2ccccc2C1. The van der Waals surface area contributed by atoms with Crippen molar-refractivity contribution < 1.29 is 4.79 Å². The van der Waals surface area contributed by atoms with Gasteiger partial charge in [0.15, 0.2) is 0 Å². The number of fused-ring (bicyclic) bond motifs is 3. The monoisotopic (exact) mass is 356 g/mol. The largest absolute Gasteiger partial charge is 0.340 e. The van der Waals surface area contributed by atoms with Gasteiger partial charge in [-0.15, -0.1) is 0 Å². The molecule has 0 saturated carbocycles. The predicted molar refractivity (Wildman–Crippen MR) is 109 cm³/mol. The van der Waals surface area contributed by atoms with E-state index in [0.29, 0.717) is 13.1 Å². The Bertz CT molecular complexity index is 888. The summed E-state index contributed by atoms with van der Waals surface area (Å²) in [5.74, 6) is 0.149. The zero-order chi connectivity index (χ0) is 18.6. The van der Waals surface area contributed by atoms with E-state index in [4.69, 9.17) is 0 Å². The second-order valence-corrected chi connectivity index (χ2v) is 7.19. The van der Waals surface area contributed by atoms with Crippen LogP contribution in [0.15, 0.2) is 78.9 Å². The van der Waals surface area contributed by atoms with Crippen LogP contribution < -0.4 is 0 Å². The summed E-state index contributed by atoms with van der Waals surface area (Å²) in [6.07, 6.45) is 0. The zero-order valence-corrected chi connectivity index (χ0v) is 15.6. The molecular weight excluding hydrogens is 332 g/mol. The molecule has 0 unspecified atom stereocenters. The average Bonchev–Trinajstić information content (AvgIpc) is 2.85. The Morgan fingerprint density at radius 3 is 1.93 bits per heavy atom. The summed E-state index contributed by atoms with van der Waals surface area (Å²) in [6, 6.07) is 27.2. The van der Waals surface area contributed by atoms with E-state index in [0.717, 1.165) is 18.7 Å². The zero-order valence-electron chi connectivity index (χ0n) is 15.6. The third-order valence-corrected chi connectivity index (χ3v) is 5.16. The van der Waals surface area contributed by atoms with E-state index in [9.17, 15) is 4.79 Å². The first-order valence-corrected chi connectivity index (χ1v) is 9.37. The van der Waals surface area contributed by atoms with E-state index in [1.165, 1.54) is 22.3 Å². The van der Waals surface area contributed by atoms with Crippen molar-refractivity contribution in [3.05, 3.63) is 95.6 Å². The Morgan fingerprint density at radius 1 is 0.815 bits per heavy atom. The molecule has 1 amide bonds. The number of amides is 1. The summed E-state index contributed by atoms with van der Waals surface area (Å²) in [7, 11) is 1.88. The molecule has 0 bridgehead atoms. The molecule has 1 aliphatic rings. The van der Waals surface area contributed by atoms with E-state index in [2.05, 4.69) is 65.6 Å². The number of hydrogen-bond acceptors (Lipinski definition) is 2. The van der Waals surface area contributed by atoms with Crippen molar-refractivity contribution in [3.8, 4) is 11.1 Å². The highest BCUT2D eigenvalue weighted by Crippen LogP contribution is 2.32. The number of nitrogens with zero attached hydrogens (tertiary/aromatic N) is 2. The van der Waals surface area contributed by atoms with Gasteiger partial charge in [0, 0.05) is 26.7 Å². The highest BCUT2D eigenvalue weighted by Gasteiger charge is 2.21. The molecular formula is C24H24N2O. The van der Waals surface area contributed by atoms with Crippen LogP contribution in [0.3, 0.4) is 0 Å². The molecule has 3 aromatic carbocycles. The van der Waals surface area contributed by atoms with Crippen LogP contribution in [-0.4, -0.2) is 29.3 Å². The van der Waals surface area contributed by atoms with Crippen LogP contribution in [0.5, 0.6) is 0 Å². The average molecular weight is 356 g/mol. The van der Waals surface area contributed by atoms with Gasteiger partial charge in [-0.2, -0.15) is 0 Å². The molecule has 1 aliphatic heterocycles. The number of benzene rings is 3. The van der Waals surface area contributed by atoms with E-state index in [1.54, 1.807) is 0 Å². The molecule has 136 valence electrons. The van der Waals surface area contributed by atoms with Gasteiger partial charge in [0.1, 0.15) is 0 Å². The van der Waals surface area contributed by atoms with Crippen molar-refractivity contribution in [2.45, 2.75) is 19.6 Å². The van der Waals surface area contributed by atoms with E-state index < -0.39 is 0 Å². The minimum atomic E-state index is 0.149. The topological polar surface area (TPSA) is 23.6 Å². The maximum Gasteiger partial charge on any atom is 0.236 e. The fraction of sp³-hybridized carbons (Fsp3) is 0.208. The quantitative estimate of drug-likeness (QED) is 0.695. The van der Waals surface area contributed by atoms with Crippen LogP contribution in [0, 0.1) is 0 Å². The molecule has 0 spiro atoms.